The number of amidine groups is 1. The molecule has 140 valence electrons. The second-order valence-electron chi connectivity index (χ2n) is 6.36. The highest BCUT2D eigenvalue weighted by Crippen LogP contribution is 2.33. The highest BCUT2D eigenvalue weighted by Gasteiger charge is 2.34. The van der Waals surface area contributed by atoms with Gasteiger partial charge >= 0.3 is 0 Å². The molecular weight excluding hydrogens is 354 g/mol. The molecule has 0 N–H and O–H groups in total. The molecule has 2 heterocycles. The minimum atomic E-state index is -3.71. The van der Waals surface area contributed by atoms with E-state index in [-0.39, 0.29) is 17.4 Å². The quantitative estimate of drug-likeness (QED) is 0.794. The van der Waals surface area contributed by atoms with Crippen molar-refractivity contribution < 1.29 is 17.9 Å². The van der Waals surface area contributed by atoms with E-state index < -0.39 is 10.0 Å². The van der Waals surface area contributed by atoms with Gasteiger partial charge in [0, 0.05) is 38.9 Å². The summed E-state index contributed by atoms with van der Waals surface area (Å²) >= 11 is 0. The van der Waals surface area contributed by atoms with Gasteiger partial charge in [-0.2, -0.15) is 8.42 Å². The Bertz CT molecular complexity index is 846. The highest BCUT2D eigenvalue weighted by atomic mass is 32.2. The summed E-state index contributed by atoms with van der Waals surface area (Å²) in [5.41, 5.74) is 1.31. The number of nitrogens with zero attached hydrogens (tertiary/aromatic N) is 3. The van der Waals surface area contributed by atoms with E-state index in [0.29, 0.717) is 43.2 Å². The van der Waals surface area contributed by atoms with Crippen molar-refractivity contribution in [3.8, 4) is 0 Å². The van der Waals surface area contributed by atoms with Crippen molar-refractivity contribution in [2.75, 3.05) is 39.9 Å². The third-order valence-corrected chi connectivity index (χ3v) is 6.06. The number of sulfonamides is 1. The number of carbonyl (C=O) groups excluding carboxylic acids is 1. The number of ether oxygens (including phenoxy) is 1. The van der Waals surface area contributed by atoms with Crippen LogP contribution in [0.15, 0.2) is 40.3 Å². The molecule has 0 unspecified atom stereocenters. The number of methoxy groups -OCH3 is 1. The summed E-state index contributed by atoms with van der Waals surface area (Å²) in [7, 11) is -2.21. The molecule has 7 nitrogen and oxygen atoms in total. The lowest BCUT2D eigenvalue weighted by Crippen LogP contribution is -2.38. The summed E-state index contributed by atoms with van der Waals surface area (Å²) in [5.74, 6) is 0.442. The van der Waals surface area contributed by atoms with Crippen molar-refractivity contribution in [2.24, 2.45) is 4.40 Å². The average molecular weight is 377 g/mol. The molecule has 0 bridgehead atoms. The van der Waals surface area contributed by atoms with Gasteiger partial charge in [0.1, 0.15) is 17.3 Å². The van der Waals surface area contributed by atoms with Gasteiger partial charge in [0.25, 0.3) is 10.0 Å². The second-order valence-corrected chi connectivity index (χ2v) is 7.91. The maximum absolute atomic E-state index is 12.6. The maximum Gasteiger partial charge on any atom is 0.285 e. The number of hydrogen-bond acceptors (Lipinski definition) is 5. The lowest BCUT2D eigenvalue weighted by molar-refractivity contribution is -0.134. The fourth-order valence-electron chi connectivity index (χ4n) is 3.37. The smallest absolute Gasteiger partial charge is 0.285 e. The molecule has 2 aliphatic rings. The van der Waals surface area contributed by atoms with Crippen LogP contribution in [0.4, 0.5) is 0 Å². The zero-order chi connectivity index (χ0) is 18.7. The first-order chi connectivity index (χ1) is 12.4. The van der Waals surface area contributed by atoms with E-state index in [1.807, 2.05) is 23.1 Å². The Labute approximate surface area is 154 Å². The first kappa shape index (κ1) is 18.6. The van der Waals surface area contributed by atoms with Gasteiger partial charge in [-0.15, -0.1) is 4.40 Å². The predicted octanol–water partition coefficient (Wildman–Crippen LogP) is 1.34. The minimum Gasteiger partial charge on any atom is -0.375 e. The Morgan fingerprint density at radius 3 is 2.58 bits per heavy atom. The number of hydrogen-bond donors (Lipinski definition) is 0. The lowest BCUT2D eigenvalue weighted by Gasteiger charge is -2.23. The molecule has 1 aromatic carbocycles. The van der Waals surface area contributed by atoms with Gasteiger partial charge in [0.15, 0.2) is 0 Å². The van der Waals surface area contributed by atoms with Crippen LogP contribution in [-0.4, -0.2) is 69.9 Å². The van der Waals surface area contributed by atoms with E-state index in [9.17, 15) is 13.2 Å². The SMILES string of the molecule is COCC(=O)N1CCCN(C2=NS(=O)(=O)C(c3ccccc3)=C2C)CC1. The maximum atomic E-state index is 12.6. The standard InChI is InChI=1S/C18H23N3O4S/c1-14-17(15-7-4-3-5-8-15)26(23,24)19-18(14)21-10-6-9-20(11-12-21)16(22)13-25-2/h3-5,7-8H,6,9-13H2,1-2H3. The van der Waals surface area contributed by atoms with Crippen LogP contribution in [0.3, 0.4) is 0 Å². The fourth-order valence-corrected chi connectivity index (χ4v) is 4.85. The first-order valence-corrected chi connectivity index (χ1v) is 10.0. The largest absolute Gasteiger partial charge is 0.375 e. The molecule has 0 aliphatic carbocycles. The molecule has 1 saturated heterocycles. The number of benzene rings is 1. The molecule has 3 rings (SSSR count). The zero-order valence-electron chi connectivity index (χ0n) is 15.0. The monoisotopic (exact) mass is 377 g/mol. The summed E-state index contributed by atoms with van der Waals surface area (Å²) in [6, 6.07) is 9.04. The van der Waals surface area contributed by atoms with Crippen LogP contribution in [0.1, 0.15) is 18.9 Å². The van der Waals surface area contributed by atoms with Gasteiger partial charge in [-0.25, -0.2) is 0 Å². The van der Waals surface area contributed by atoms with E-state index in [4.69, 9.17) is 4.74 Å². The van der Waals surface area contributed by atoms with Crippen molar-refractivity contribution in [1.29, 1.82) is 0 Å². The average Bonchev–Trinajstić information content (AvgIpc) is 2.78. The van der Waals surface area contributed by atoms with Crippen molar-refractivity contribution >= 4 is 26.7 Å². The molecule has 1 aromatic rings. The van der Waals surface area contributed by atoms with Crippen LogP contribution in [-0.2, 0) is 19.6 Å². The summed E-state index contributed by atoms with van der Waals surface area (Å²) in [6.07, 6.45) is 0.752. The normalized spacial score (nSPS) is 20.2. The van der Waals surface area contributed by atoms with E-state index in [0.717, 1.165) is 6.42 Å². The van der Waals surface area contributed by atoms with Crippen LogP contribution in [0.2, 0.25) is 0 Å². The van der Waals surface area contributed by atoms with Crippen LogP contribution < -0.4 is 0 Å². The molecule has 0 saturated carbocycles. The topological polar surface area (TPSA) is 79.3 Å². The zero-order valence-corrected chi connectivity index (χ0v) is 15.8. The van der Waals surface area contributed by atoms with Gasteiger partial charge in [-0.1, -0.05) is 30.3 Å². The van der Waals surface area contributed by atoms with E-state index in [1.165, 1.54) is 7.11 Å². The summed E-state index contributed by atoms with van der Waals surface area (Å²) in [6.45, 7) is 4.22. The molecule has 0 atom stereocenters. The summed E-state index contributed by atoms with van der Waals surface area (Å²) in [5, 5.41) is 0. The molecule has 0 aromatic heterocycles. The van der Waals surface area contributed by atoms with Crippen LogP contribution in [0.5, 0.6) is 0 Å². The van der Waals surface area contributed by atoms with Crippen LogP contribution in [0, 0.1) is 0 Å². The van der Waals surface area contributed by atoms with Crippen molar-refractivity contribution in [1.82, 2.24) is 9.80 Å². The number of amides is 1. The van der Waals surface area contributed by atoms with Crippen molar-refractivity contribution in [2.45, 2.75) is 13.3 Å². The van der Waals surface area contributed by atoms with Gasteiger partial charge in [-0.05, 0) is 18.9 Å². The van der Waals surface area contributed by atoms with E-state index in [1.54, 1.807) is 24.0 Å². The van der Waals surface area contributed by atoms with Crippen LogP contribution >= 0.6 is 0 Å². The molecule has 2 aliphatic heterocycles. The first-order valence-electron chi connectivity index (χ1n) is 8.57. The molecular formula is C18H23N3O4S. The van der Waals surface area contributed by atoms with Gasteiger partial charge in [-0.3, -0.25) is 4.79 Å². The Hall–Kier alpha value is -2.19. The van der Waals surface area contributed by atoms with Gasteiger partial charge < -0.3 is 14.5 Å². The summed E-state index contributed by atoms with van der Waals surface area (Å²) in [4.78, 5) is 16.0. The van der Waals surface area contributed by atoms with Crippen molar-refractivity contribution in [3.63, 3.8) is 0 Å². The van der Waals surface area contributed by atoms with Crippen LogP contribution in [0.25, 0.3) is 4.91 Å². The second kappa shape index (κ2) is 7.59. The van der Waals surface area contributed by atoms with Gasteiger partial charge in [0.2, 0.25) is 5.91 Å². The molecule has 0 spiro atoms. The lowest BCUT2D eigenvalue weighted by atomic mass is 10.1. The molecule has 0 radical (unpaired) electrons. The van der Waals surface area contributed by atoms with E-state index in [2.05, 4.69) is 4.40 Å². The third kappa shape index (κ3) is 3.66. The molecule has 1 amide bonds. The Morgan fingerprint density at radius 1 is 1.15 bits per heavy atom. The minimum absolute atomic E-state index is 0.0485. The number of carbonyl (C=O) groups is 1. The third-order valence-electron chi connectivity index (χ3n) is 4.59. The van der Waals surface area contributed by atoms with Gasteiger partial charge in [0.05, 0.1) is 0 Å². The predicted molar refractivity (Wildman–Crippen MR) is 100 cm³/mol. The molecule has 1 fully saturated rings. The number of rotatable bonds is 3. The Kier molecular flexibility index (Phi) is 5.43. The summed E-state index contributed by atoms with van der Waals surface area (Å²) < 4.78 is 34.2. The molecule has 8 heteroatoms. The molecule has 26 heavy (non-hydrogen) atoms. The van der Waals surface area contributed by atoms with Crippen molar-refractivity contribution in [3.05, 3.63) is 41.5 Å². The Morgan fingerprint density at radius 2 is 1.88 bits per heavy atom. The Balaban J connectivity index is 1.84. The fraction of sp³-hybridized carbons (Fsp3) is 0.444. The highest BCUT2D eigenvalue weighted by molar-refractivity contribution is 8.00. The van der Waals surface area contributed by atoms with E-state index >= 15 is 0 Å².